The first-order valence-electron chi connectivity index (χ1n) is 11.6. The van der Waals surface area contributed by atoms with E-state index in [-0.39, 0.29) is 23.6 Å². The van der Waals surface area contributed by atoms with Crippen molar-refractivity contribution in [3.63, 3.8) is 0 Å². The SMILES string of the molecule is CC(=O)CCC(=O)C[C@H]1CCc2cc3[nH]cnc(OC4CCC(C(C)C)CC4)c-3c21. The monoisotopic (exact) mass is 410 g/mol. The Bertz CT molecular complexity index is 877. The summed E-state index contributed by atoms with van der Waals surface area (Å²) < 4.78 is 6.45. The van der Waals surface area contributed by atoms with Crippen LogP contribution in [0.1, 0.15) is 89.2 Å². The van der Waals surface area contributed by atoms with Crippen molar-refractivity contribution in [1.29, 1.82) is 0 Å². The molecule has 0 saturated heterocycles. The van der Waals surface area contributed by atoms with Crippen LogP contribution in [-0.4, -0.2) is 27.6 Å². The van der Waals surface area contributed by atoms with Crippen LogP contribution in [0, 0.1) is 11.8 Å². The molecule has 0 unspecified atom stereocenters. The van der Waals surface area contributed by atoms with Gasteiger partial charge in [-0.25, -0.2) is 4.98 Å². The van der Waals surface area contributed by atoms with Gasteiger partial charge in [0.15, 0.2) is 0 Å². The Balaban J connectivity index is 1.51. The lowest BCUT2D eigenvalue weighted by Gasteiger charge is -2.31. The minimum absolute atomic E-state index is 0.0795. The van der Waals surface area contributed by atoms with Gasteiger partial charge in [-0.3, -0.25) is 4.79 Å². The van der Waals surface area contributed by atoms with Crippen molar-refractivity contribution < 1.29 is 14.3 Å². The standard InChI is InChI=1S/C25H34N2O3/c1-15(2)17-7-10-21(11-8-17)30-25-24-22(26-14-27-25)13-19-6-5-18(23(19)24)12-20(29)9-4-16(3)28/h13-15,17-18,21H,4-12H2,1-3H3,(H,26,27)/t17?,18-,21?/m1/s1. The summed E-state index contributed by atoms with van der Waals surface area (Å²) >= 11 is 0. The number of rotatable bonds is 8. The average molecular weight is 411 g/mol. The third-order valence-corrected chi connectivity index (χ3v) is 7.16. The second-order valence-corrected chi connectivity index (χ2v) is 9.66. The van der Waals surface area contributed by atoms with Crippen LogP contribution in [0.25, 0.3) is 11.3 Å². The zero-order valence-electron chi connectivity index (χ0n) is 18.5. The Morgan fingerprint density at radius 2 is 1.93 bits per heavy atom. The molecule has 1 fully saturated rings. The van der Waals surface area contributed by atoms with Crippen LogP contribution >= 0.6 is 0 Å². The topological polar surface area (TPSA) is 72.0 Å². The van der Waals surface area contributed by atoms with Crippen molar-refractivity contribution >= 4 is 11.6 Å². The zero-order chi connectivity index (χ0) is 21.3. The van der Waals surface area contributed by atoms with Crippen LogP contribution in [-0.2, 0) is 16.0 Å². The predicted octanol–water partition coefficient (Wildman–Crippen LogP) is 5.47. The van der Waals surface area contributed by atoms with Crippen LogP contribution in [0.15, 0.2) is 12.4 Å². The third kappa shape index (κ3) is 4.45. The van der Waals surface area contributed by atoms with Gasteiger partial charge in [-0.05, 0) is 80.4 Å². The van der Waals surface area contributed by atoms with Gasteiger partial charge in [0.05, 0.1) is 17.6 Å². The molecule has 4 aliphatic rings. The van der Waals surface area contributed by atoms with Crippen molar-refractivity contribution in [3.05, 3.63) is 23.5 Å². The number of carbonyl (C=O) groups is 2. The second kappa shape index (κ2) is 8.91. The summed E-state index contributed by atoms with van der Waals surface area (Å²) in [6.07, 6.45) is 9.74. The van der Waals surface area contributed by atoms with E-state index >= 15 is 0 Å². The van der Waals surface area contributed by atoms with Crippen molar-refractivity contribution in [2.45, 2.75) is 90.6 Å². The van der Waals surface area contributed by atoms with Gasteiger partial charge in [0, 0.05) is 19.3 Å². The molecular formula is C25H34N2O3. The molecule has 5 nitrogen and oxygen atoms in total. The number of nitrogens with one attached hydrogen (secondary N) is 1. The molecule has 0 spiro atoms. The highest BCUT2D eigenvalue weighted by atomic mass is 16.5. The Kier molecular flexibility index (Phi) is 6.26. The molecule has 1 atom stereocenters. The fraction of sp³-hybridized carbons (Fsp3) is 0.640. The zero-order valence-corrected chi connectivity index (χ0v) is 18.5. The summed E-state index contributed by atoms with van der Waals surface area (Å²) in [5, 5.41) is 0. The fourth-order valence-electron chi connectivity index (χ4n) is 5.36. The number of carbonyl (C=O) groups excluding carboxylic acids is 2. The number of aromatic amines is 1. The maximum Gasteiger partial charge on any atom is 0.224 e. The first-order chi connectivity index (χ1) is 14.4. The van der Waals surface area contributed by atoms with Gasteiger partial charge in [-0.2, -0.15) is 0 Å². The summed E-state index contributed by atoms with van der Waals surface area (Å²) in [7, 11) is 0. The quantitative estimate of drug-likeness (QED) is 0.627. The molecule has 0 radical (unpaired) electrons. The summed E-state index contributed by atoms with van der Waals surface area (Å²) in [6.45, 7) is 6.18. The Hall–Kier alpha value is -2.17. The van der Waals surface area contributed by atoms with E-state index in [0.29, 0.717) is 19.3 Å². The van der Waals surface area contributed by atoms with Gasteiger partial charge in [-0.1, -0.05) is 13.8 Å². The Morgan fingerprint density at radius 3 is 2.63 bits per heavy atom. The molecule has 5 heteroatoms. The molecule has 0 aromatic rings. The molecule has 1 aliphatic heterocycles. The summed E-state index contributed by atoms with van der Waals surface area (Å²) in [6, 6.07) is 2.20. The van der Waals surface area contributed by atoms with Crippen molar-refractivity contribution in [2.75, 3.05) is 0 Å². The highest BCUT2D eigenvalue weighted by Gasteiger charge is 2.34. The lowest BCUT2D eigenvalue weighted by atomic mass is 9.80. The van der Waals surface area contributed by atoms with E-state index in [1.54, 1.807) is 13.3 Å². The number of H-pyrrole nitrogens is 1. The minimum Gasteiger partial charge on any atom is -0.474 e. The largest absolute Gasteiger partial charge is 0.474 e. The second-order valence-electron chi connectivity index (χ2n) is 9.66. The molecule has 4 rings (SSSR count). The summed E-state index contributed by atoms with van der Waals surface area (Å²) in [5.74, 6) is 2.72. The normalized spacial score (nSPS) is 23.7. The van der Waals surface area contributed by atoms with Crippen LogP contribution in [0.3, 0.4) is 0 Å². The molecule has 0 amide bonds. The van der Waals surface area contributed by atoms with Crippen LogP contribution < -0.4 is 4.74 Å². The molecule has 3 aliphatic carbocycles. The number of Topliss-reactive ketones (excluding diaryl/α,β-unsaturated/α-hetero) is 2. The smallest absolute Gasteiger partial charge is 0.224 e. The maximum atomic E-state index is 12.5. The Morgan fingerprint density at radius 1 is 1.17 bits per heavy atom. The molecular weight excluding hydrogens is 376 g/mol. The Labute approximate surface area is 179 Å². The van der Waals surface area contributed by atoms with E-state index in [4.69, 9.17) is 4.74 Å². The minimum atomic E-state index is 0.0795. The number of hydrogen-bond acceptors (Lipinski definition) is 4. The number of hydrogen-bond donors (Lipinski definition) is 1. The van der Waals surface area contributed by atoms with Crippen molar-refractivity contribution in [3.8, 4) is 17.1 Å². The number of aryl methyl sites for hydroxylation is 1. The average Bonchev–Trinajstić information content (AvgIpc) is 3.27. The predicted molar refractivity (Wildman–Crippen MR) is 117 cm³/mol. The first kappa shape index (κ1) is 21.1. The van der Waals surface area contributed by atoms with Gasteiger partial charge in [0.1, 0.15) is 17.7 Å². The fourth-order valence-corrected chi connectivity index (χ4v) is 5.36. The number of ether oxygens (including phenoxy) is 1. The molecule has 1 saturated carbocycles. The number of ketones is 2. The van der Waals surface area contributed by atoms with Gasteiger partial charge in [0.2, 0.25) is 5.88 Å². The molecule has 30 heavy (non-hydrogen) atoms. The van der Waals surface area contributed by atoms with Crippen LogP contribution in [0.5, 0.6) is 5.88 Å². The molecule has 0 aromatic carbocycles. The van der Waals surface area contributed by atoms with Crippen molar-refractivity contribution in [1.82, 2.24) is 9.97 Å². The maximum absolute atomic E-state index is 12.5. The van der Waals surface area contributed by atoms with Gasteiger partial charge in [0.25, 0.3) is 0 Å². The first-order valence-corrected chi connectivity index (χ1v) is 11.6. The van der Waals surface area contributed by atoms with E-state index in [0.717, 1.165) is 54.7 Å². The van der Waals surface area contributed by atoms with E-state index in [9.17, 15) is 9.59 Å². The van der Waals surface area contributed by atoms with Crippen LogP contribution in [0.2, 0.25) is 0 Å². The lowest BCUT2D eigenvalue weighted by molar-refractivity contribution is -0.123. The van der Waals surface area contributed by atoms with E-state index in [1.165, 1.54) is 24.0 Å². The summed E-state index contributed by atoms with van der Waals surface area (Å²) in [5.41, 5.74) is 4.69. The van der Waals surface area contributed by atoms with Crippen LogP contribution in [0.4, 0.5) is 0 Å². The number of fused-ring (bicyclic) bond motifs is 3. The van der Waals surface area contributed by atoms with E-state index in [2.05, 4.69) is 29.9 Å². The van der Waals surface area contributed by atoms with E-state index < -0.39 is 0 Å². The van der Waals surface area contributed by atoms with Gasteiger partial charge >= 0.3 is 0 Å². The van der Waals surface area contributed by atoms with Gasteiger partial charge < -0.3 is 14.5 Å². The van der Waals surface area contributed by atoms with Gasteiger partial charge in [-0.15, -0.1) is 0 Å². The van der Waals surface area contributed by atoms with Crippen molar-refractivity contribution in [2.24, 2.45) is 11.8 Å². The molecule has 162 valence electrons. The molecule has 1 N–H and O–H groups in total. The number of aromatic nitrogens is 2. The summed E-state index contributed by atoms with van der Waals surface area (Å²) in [4.78, 5) is 31.5. The molecule has 0 aromatic heterocycles. The lowest BCUT2D eigenvalue weighted by Crippen LogP contribution is -2.26. The highest BCUT2D eigenvalue weighted by molar-refractivity contribution is 5.86. The van der Waals surface area contributed by atoms with E-state index in [1.807, 2.05) is 0 Å². The molecule has 1 heterocycles. The highest BCUT2D eigenvalue weighted by Crippen LogP contribution is 2.48. The third-order valence-electron chi connectivity index (χ3n) is 7.16. The number of nitrogens with zero attached hydrogens (tertiary/aromatic N) is 1. The molecule has 0 bridgehead atoms.